The van der Waals surface area contributed by atoms with Crippen LogP contribution >= 0.6 is 23.2 Å². The molecule has 0 saturated heterocycles. The molecule has 0 fully saturated rings. The molecule has 27 heavy (non-hydrogen) atoms. The molecule has 6 nitrogen and oxygen atoms in total. The molecule has 0 radical (unpaired) electrons. The van der Waals surface area contributed by atoms with Crippen LogP contribution in [0.3, 0.4) is 0 Å². The number of nitrogens with two attached hydrogens (primary N) is 1. The summed E-state index contributed by atoms with van der Waals surface area (Å²) in [6.45, 7) is 1.84. The monoisotopic (exact) mass is 434 g/mol. The Balaban J connectivity index is 2.32. The number of aromatic nitrogens is 2. The van der Waals surface area contributed by atoms with Crippen LogP contribution in [0.15, 0.2) is 35.0 Å². The third-order valence-electron chi connectivity index (χ3n) is 4.06. The lowest BCUT2D eigenvalue weighted by Crippen LogP contribution is -2.22. The topological polar surface area (TPSA) is 81.2 Å². The van der Waals surface area contributed by atoms with E-state index >= 15 is 0 Å². The van der Waals surface area contributed by atoms with Crippen LogP contribution in [0, 0.1) is 6.92 Å². The molecule has 10 heteroatoms. The fraction of sp³-hybridized carbons (Fsp3) is 0.353. The van der Waals surface area contributed by atoms with Crippen LogP contribution in [0.1, 0.15) is 16.8 Å². The highest BCUT2D eigenvalue weighted by molar-refractivity contribution is 7.89. The molecule has 0 spiro atoms. The number of rotatable bonds is 7. The van der Waals surface area contributed by atoms with Gasteiger partial charge < -0.3 is 5.73 Å². The fourth-order valence-corrected chi connectivity index (χ4v) is 4.23. The first-order chi connectivity index (χ1) is 12.6. The third kappa shape index (κ3) is 4.89. The molecular formula is C17H21Cl2FN4O2S. The van der Waals surface area contributed by atoms with Crippen molar-refractivity contribution in [2.24, 2.45) is 5.73 Å². The number of hydrogen-bond donors (Lipinski definition) is 1. The Labute approximate surface area is 168 Å². The van der Waals surface area contributed by atoms with Crippen LogP contribution in [0.25, 0.3) is 0 Å². The first kappa shape index (κ1) is 21.8. The van der Waals surface area contributed by atoms with E-state index in [-0.39, 0.29) is 28.2 Å². The second-order valence-electron chi connectivity index (χ2n) is 6.13. The molecule has 0 saturated carbocycles. The lowest BCUT2D eigenvalue weighted by Gasteiger charge is -2.13. The summed E-state index contributed by atoms with van der Waals surface area (Å²) in [4.78, 5) is 0.0328. The van der Waals surface area contributed by atoms with Crippen LogP contribution in [0.2, 0.25) is 10.2 Å². The van der Waals surface area contributed by atoms with Crippen LogP contribution in [0.4, 0.5) is 4.39 Å². The molecule has 2 rings (SSSR count). The van der Waals surface area contributed by atoms with Crippen molar-refractivity contribution in [1.29, 1.82) is 0 Å². The summed E-state index contributed by atoms with van der Waals surface area (Å²) in [7, 11) is -0.748. The maximum absolute atomic E-state index is 13.7. The lowest BCUT2D eigenvalue weighted by atomic mass is 10.1. The molecule has 148 valence electrons. The van der Waals surface area contributed by atoms with Gasteiger partial charge in [-0.05, 0) is 30.7 Å². The highest BCUT2D eigenvalue weighted by atomic mass is 35.5. The van der Waals surface area contributed by atoms with Gasteiger partial charge in [0.05, 0.1) is 11.6 Å². The van der Waals surface area contributed by atoms with E-state index < -0.39 is 15.9 Å². The average Bonchev–Trinajstić information content (AvgIpc) is 2.82. The summed E-state index contributed by atoms with van der Waals surface area (Å²) in [6, 6.07) is 4.72. The summed E-state index contributed by atoms with van der Waals surface area (Å²) >= 11 is 12.4. The minimum absolute atomic E-state index is 0.0328. The van der Waals surface area contributed by atoms with Crippen molar-refractivity contribution < 1.29 is 12.8 Å². The van der Waals surface area contributed by atoms with E-state index in [1.165, 1.54) is 30.9 Å². The summed E-state index contributed by atoms with van der Waals surface area (Å²) in [5, 5.41) is 4.54. The van der Waals surface area contributed by atoms with Crippen LogP contribution in [0.5, 0.6) is 0 Å². The van der Waals surface area contributed by atoms with Gasteiger partial charge in [-0.3, -0.25) is 4.68 Å². The summed E-state index contributed by atoms with van der Waals surface area (Å²) in [5.41, 5.74) is 7.50. The Morgan fingerprint density at radius 3 is 2.59 bits per heavy atom. The normalized spacial score (nSPS) is 12.8. The highest BCUT2D eigenvalue weighted by Gasteiger charge is 2.21. The standard InChI is InChI=1S/C17H21Cl2FN4O2S/c1-11-14(17(19)22-24(11)10-13(20)6-7-21)8-12-4-5-16(15(18)9-12)27(25,26)23(2)3/h4-6,9H,7-8,10,21H2,1-3H3. The molecule has 1 heterocycles. The Bertz CT molecular complexity index is 972. The van der Waals surface area contributed by atoms with E-state index in [0.717, 1.165) is 15.4 Å². The van der Waals surface area contributed by atoms with E-state index in [2.05, 4.69) is 5.10 Å². The fourth-order valence-electron chi connectivity index (χ4n) is 2.50. The zero-order valence-corrected chi connectivity index (χ0v) is 17.5. The minimum atomic E-state index is -3.63. The van der Waals surface area contributed by atoms with Gasteiger partial charge in [0.15, 0.2) is 5.15 Å². The third-order valence-corrected chi connectivity index (χ3v) is 6.66. The molecular weight excluding hydrogens is 414 g/mol. The molecule has 0 atom stereocenters. The predicted molar refractivity (Wildman–Crippen MR) is 105 cm³/mol. The van der Waals surface area contributed by atoms with Gasteiger partial charge in [0.25, 0.3) is 0 Å². The number of nitrogens with zero attached hydrogens (tertiary/aromatic N) is 3. The highest BCUT2D eigenvalue weighted by Crippen LogP contribution is 2.28. The van der Waals surface area contributed by atoms with Crippen molar-refractivity contribution in [3.63, 3.8) is 0 Å². The SMILES string of the molecule is Cc1c(Cc2ccc(S(=O)(=O)N(C)C)c(Cl)c2)c(Cl)nn1CC(F)=CCN. The maximum Gasteiger partial charge on any atom is 0.244 e. The Kier molecular flexibility index (Phi) is 7.04. The largest absolute Gasteiger partial charge is 0.327 e. The summed E-state index contributed by atoms with van der Waals surface area (Å²) in [5.74, 6) is -0.396. The minimum Gasteiger partial charge on any atom is -0.327 e. The molecule has 0 unspecified atom stereocenters. The van der Waals surface area contributed by atoms with Crippen molar-refractivity contribution in [3.8, 4) is 0 Å². The van der Waals surface area contributed by atoms with E-state index in [9.17, 15) is 12.8 Å². The van der Waals surface area contributed by atoms with Crippen LogP contribution in [-0.2, 0) is 23.0 Å². The first-order valence-corrected chi connectivity index (χ1v) is 10.2. The number of hydrogen-bond acceptors (Lipinski definition) is 4. The predicted octanol–water partition coefficient (Wildman–Crippen LogP) is 3.15. The van der Waals surface area contributed by atoms with Gasteiger partial charge in [0, 0.05) is 38.3 Å². The number of sulfonamides is 1. The summed E-state index contributed by atoms with van der Waals surface area (Å²) < 4.78 is 40.8. The molecule has 0 amide bonds. The Morgan fingerprint density at radius 1 is 1.37 bits per heavy atom. The molecule has 2 N–H and O–H groups in total. The van der Waals surface area contributed by atoms with Gasteiger partial charge in [-0.1, -0.05) is 29.3 Å². The number of benzene rings is 1. The van der Waals surface area contributed by atoms with E-state index in [0.29, 0.717) is 12.1 Å². The van der Waals surface area contributed by atoms with Crippen molar-refractivity contribution in [2.45, 2.75) is 24.8 Å². The van der Waals surface area contributed by atoms with Crippen molar-refractivity contribution in [2.75, 3.05) is 20.6 Å². The van der Waals surface area contributed by atoms with Gasteiger partial charge in [-0.25, -0.2) is 17.1 Å². The van der Waals surface area contributed by atoms with Crippen LogP contribution < -0.4 is 5.73 Å². The zero-order chi connectivity index (χ0) is 20.4. The maximum atomic E-state index is 13.7. The zero-order valence-electron chi connectivity index (χ0n) is 15.2. The van der Waals surface area contributed by atoms with Gasteiger partial charge >= 0.3 is 0 Å². The molecule has 1 aromatic carbocycles. The summed E-state index contributed by atoms with van der Waals surface area (Å²) in [6.07, 6.45) is 1.66. The number of allylic oxidation sites excluding steroid dienone is 1. The molecule has 0 aliphatic carbocycles. The van der Waals surface area contributed by atoms with Crippen molar-refractivity contribution in [1.82, 2.24) is 14.1 Å². The molecule has 2 aromatic rings. The molecule has 0 bridgehead atoms. The van der Waals surface area contributed by atoms with Gasteiger partial charge in [-0.2, -0.15) is 5.10 Å². The van der Waals surface area contributed by atoms with E-state index in [1.807, 2.05) is 0 Å². The molecule has 0 aliphatic rings. The quantitative estimate of drug-likeness (QED) is 0.725. The smallest absolute Gasteiger partial charge is 0.244 e. The van der Waals surface area contributed by atoms with Gasteiger partial charge in [-0.15, -0.1) is 0 Å². The van der Waals surface area contributed by atoms with Crippen molar-refractivity contribution in [3.05, 3.63) is 57.1 Å². The molecule has 1 aromatic heterocycles. The number of halogens is 3. The second-order valence-corrected chi connectivity index (χ2v) is 9.01. The first-order valence-electron chi connectivity index (χ1n) is 8.05. The molecule has 0 aliphatic heterocycles. The Morgan fingerprint density at radius 2 is 2.04 bits per heavy atom. The lowest BCUT2D eigenvalue weighted by molar-refractivity contribution is 0.518. The van der Waals surface area contributed by atoms with E-state index in [1.54, 1.807) is 19.1 Å². The Hall–Kier alpha value is -1.45. The van der Waals surface area contributed by atoms with Crippen molar-refractivity contribution >= 4 is 33.2 Å². The second kappa shape index (κ2) is 8.70. The van der Waals surface area contributed by atoms with Gasteiger partial charge in [0.1, 0.15) is 10.7 Å². The average molecular weight is 435 g/mol. The van der Waals surface area contributed by atoms with E-state index in [4.69, 9.17) is 28.9 Å². The van der Waals surface area contributed by atoms with Crippen LogP contribution in [-0.4, -0.2) is 43.1 Å². The van der Waals surface area contributed by atoms with Gasteiger partial charge in [0.2, 0.25) is 10.0 Å².